The highest BCUT2D eigenvalue weighted by Crippen LogP contribution is 2.20. The Morgan fingerprint density at radius 2 is 2.08 bits per heavy atom. The summed E-state index contributed by atoms with van der Waals surface area (Å²) in [5.74, 6) is 2.93. The number of nitrogens with one attached hydrogen (secondary N) is 2. The molecule has 1 fully saturated rings. The number of benzene rings is 1. The monoisotopic (exact) mass is 353 g/mol. The van der Waals surface area contributed by atoms with Gasteiger partial charge in [0.25, 0.3) is 0 Å². The highest BCUT2D eigenvalue weighted by molar-refractivity contribution is 5.80. The van der Waals surface area contributed by atoms with Gasteiger partial charge in [0, 0.05) is 44.8 Å². The molecular formula is C19H27N7. The van der Waals surface area contributed by atoms with Crippen LogP contribution in [0.2, 0.25) is 0 Å². The van der Waals surface area contributed by atoms with E-state index >= 15 is 0 Å². The summed E-state index contributed by atoms with van der Waals surface area (Å²) >= 11 is 0. The van der Waals surface area contributed by atoms with Crippen molar-refractivity contribution in [2.24, 2.45) is 4.99 Å². The summed E-state index contributed by atoms with van der Waals surface area (Å²) < 4.78 is 2.22. The number of anilines is 1. The van der Waals surface area contributed by atoms with Crippen molar-refractivity contribution in [2.45, 2.75) is 45.3 Å². The van der Waals surface area contributed by atoms with Gasteiger partial charge in [0.2, 0.25) is 0 Å². The molecule has 7 heteroatoms. The molecule has 7 nitrogen and oxygen atoms in total. The molecule has 0 aliphatic carbocycles. The summed E-state index contributed by atoms with van der Waals surface area (Å²) in [4.78, 5) is 6.80. The van der Waals surface area contributed by atoms with Crippen LogP contribution in [0.15, 0.2) is 29.3 Å². The van der Waals surface area contributed by atoms with E-state index in [0.29, 0.717) is 12.6 Å². The molecule has 2 N–H and O–H groups in total. The van der Waals surface area contributed by atoms with Crippen LogP contribution in [0.3, 0.4) is 0 Å². The number of fused-ring (bicyclic) bond motifs is 1. The first kappa shape index (κ1) is 16.9. The van der Waals surface area contributed by atoms with E-state index in [1.165, 1.54) is 17.7 Å². The zero-order valence-electron chi connectivity index (χ0n) is 15.6. The predicted molar refractivity (Wildman–Crippen MR) is 103 cm³/mol. The van der Waals surface area contributed by atoms with Crippen molar-refractivity contribution in [2.75, 3.05) is 25.0 Å². The average molecular weight is 353 g/mol. The van der Waals surface area contributed by atoms with Gasteiger partial charge in [-0.1, -0.05) is 17.7 Å². The van der Waals surface area contributed by atoms with E-state index in [9.17, 15) is 0 Å². The zero-order chi connectivity index (χ0) is 17.9. The summed E-state index contributed by atoms with van der Waals surface area (Å²) in [5.41, 5.74) is 2.59. The van der Waals surface area contributed by atoms with Crippen molar-refractivity contribution in [3.05, 3.63) is 41.5 Å². The van der Waals surface area contributed by atoms with Gasteiger partial charge in [-0.25, -0.2) is 0 Å². The average Bonchev–Trinajstić information content (AvgIpc) is 3.37. The van der Waals surface area contributed by atoms with Crippen molar-refractivity contribution in [1.82, 2.24) is 25.4 Å². The first-order chi connectivity index (χ1) is 12.7. The quantitative estimate of drug-likeness (QED) is 0.644. The molecule has 0 bridgehead atoms. The lowest BCUT2D eigenvalue weighted by molar-refractivity contribution is 0.630. The Balaban J connectivity index is 1.30. The van der Waals surface area contributed by atoms with Crippen LogP contribution in [0.5, 0.6) is 0 Å². The lowest BCUT2D eigenvalue weighted by Crippen LogP contribution is -2.44. The van der Waals surface area contributed by atoms with Gasteiger partial charge in [0.05, 0.1) is 6.54 Å². The number of guanidine groups is 1. The van der Waals surface area contributed by atoms with Crippen LogP contribution in [0, 0.1) is 6.92 Å². The molecule has 2 aromatic rings. The summed E-state index contributed by atoms with van der Waals surface area (Å²) in [7, 11) is 1.82. The minimum atomic E-state index is 0.395. The molecule has 1 unspecified atom stereocenters. The Kier molecular flexibility index (Phi) is 4.77. The Morgan fingerprint density at radius 1 is 1.23 bits per heavy atom. The highest BCUT2D eigenvalue weighted by Gasteiger charge is 2.24. The second-order valence-electron chi connectivity index (χ2n) is 7.12. The van der Waals surface area contributed by atoms with E-state index < -0.39 is 0 Å². The number of hydrogen-bond acceptors (Lipinski definition) is 4. The fourth-order valence-corrected chi connectivity index (χ4v) is 3.76. The fraction of sp³-hybridized carbons (Fsp3) is 0.526. The number of aliphatic imine (C=N–C) groups is 1. The van der Waals surface area contributed by atoms with Gasteiger partial charge in [-0.3, -0.25) is 4.99 Å². The smallest absolute Gasteiger partial charge is 0.191 e. The van der Waals surface area contributed by atoms with Gasteiger partial charge < -0.3 is 20.1 Å². The van der Waals surface area contributed by atoms with Crippen LogP contribution in [-0.2, 0) is 19.5 Å². The van der Waals surface area contributed by atoms with Gasteiger partial charge in [-0.15, -0.1) is 10.2 Å². The standard InChI is InChI=1S/C19H27N7/c1-14-5-7-16(8-6-14)25-11-9-15(13-25)22-19(20-2)21-12-18-24-23-17-4-3-10-26(17)18/h5-8,15H,3-4,9-13H2,1-2H3,(H2,20,21,22). The van der Waals surface area contributed by atoms with Crippen LogP contribution < -0.4 is 15.5 Å². The van der Waals surface area contributed by atoms with Gasteiger partial charge >= 0.3 is 0 Å². The molecule has 0 radical (unpaired) electrons. The molecular weight excluding hydrogens is 326 g/mol. The van der Waals surface area contributed by atoms with Crippen LogP contribution in [0.25, 0.3) is 0 Å². The first-order valence-corrected chi connectivity index (χ1v) is 9.42. The lowest BCUT2D eigenvalue weighted by Gasteiger charge is -2.20. The van der Waals surface area contributed by atoms with Crippen molar-refractivity contribution < 1.29 is 0 Å². The van der Waals surface area contributed by atoms with Gasteiger partial charge in [-0.05, 0) is 31.9 Å². The van der Waals surface area contributed by atoms with Crippen LogP contribution >= 0.6 is 0 Å². The third kappa shape index (κ3) is 3.52. The summed E-state index contributed by atoms with van der Waals surface area (Å²) in [6, 6.07) is 9.15. The van der Waals surface area contributed by atoms with E-state index in [4.69, 9.17) is 0 Å². The molecule has 1 atom stereocenters. The zero-order valence-corrected chi connectivity index (χ0v) is 15.6. The number of aryl methyl sites for hydroxylation is 2. The molecule has 138 valence electrons. The SMILES string of the molecule is CN=C(NCc1nnc2n1CCC2)NC1CCN(c2ccc(C)cc2)C1. The minimum Gasteiger partial charge on any atom is -0.369 e. The van der Waals surface area contributed by atoms with Crippen molar-refractivity contribution in [3.63, 3.8) is 0 Å². The first-order valence-electron chi connectivity index (χ1n) is 9.42. The second kappa shape index (κ2) is 7.35. The Labute approximate surface area is 154 Å². The summed E-state index contributed by atoms with van der Waals surface area (Å²) in [5, 5.41) is 15.5. The molecule has 2 aliphatic rings. The van der Waals surface area contributed by atoms with Crippen LogP contribution in [-0.4, -0.2) is 46.9 Å². The van der Waals surface area contributed by atoms with Crippen LogP contribution in [0.1, 0.15) is 30.1 Å². The molecule has 1 saturated heterocycles. The molecule has 0 spiro atoms. The van der Waals surface area contributed by atoms with E-state index in [1.807, 2.05) is 7.05 Å². The Hall–Kier alpha value is -2.57. The van der Waals surface area contributed by atoms with Crippen molar-refractivity contribution in [1.29, 1.82) is 0 Å². The molecule has 0 saturated carbocycles. The van der Waals surface area contributed by atoms with E-state index in [2.05, 4.69) is 66.5 Å². The van der Waals surface area contributed by atoms with Crippen molar-refractivity contribution >= 4 is 11.6 Å². The molecule has 1 aromatic heterocycles. The third-order valence-electron chi connectivity index (χ3n) is 5.25. The van der Waals surface area contributed by atoms with Crippen LogP contribution in [0.4, 0.5) is 5.69 Å². The second-order valence-corrected chi connectivity index (χ2v) is 7.12. The third-order valence-corrected chi connectivity index (χ3v) is 5.25. The molecule has 3 heterocycles. The maximum absolute atomic E-state index is 4.37. The molecule has 1 aromatic carbocycles. The molecule has 0 amide bonds. The normalized spacial score (nSPS) is 19.7. The van der Waals surface area contributed by atoms with E-state index in [0.717, 1.165) is 50.1 Å². The molecule has 2 aliphatic heterocycles. The predicted octanol–water partition coefficient (Wildman–Crippen LogP) is 1.48. The minimum absolute atomic E-state index is 0.395. The highest BCUT2D eigenvalue weighted by atomic mass is 15.3. The topological polar surface area (TPSA) is 70.4 Å². The van der Waals surface area contributed by atoms with Gasteiger partial charge in [0.15, 0.2) is 11.8 Å². The number of rotatable bonds is 4. The fourth-order valence-electron chi connectivity index (χ4n) is 3.76. The molecule has 26 heavy (non-hydrogen) atoms. The van der Waals surface area contributed by atoms with E-state index in [-0.39, 0.29) is 0 Å². The Morgan fingerprint density at radius 3 is 2.88 bits per heavy atom. The van der Waals surface area contributed by atoms with E-state index in [1.54, 1.807) is 0 Å². The van der Waals surface area contributed by atoms with Crippen molar-refractivity contribution in [3.8, 4) is 0 Å². The molecule has 4 rings (SSSR count). The Bertz CT molecular complexity index is 778. The number of hydrogen-bond donors (Lipinski definition) is 2. The number of nitrogens with zero attached hydrogens (tertiary/aromatic N) is 5. The largest absolute Gasteiger partial charge is 0.369 e. The van der Waals surface area contributed by atoms with Gasteiger partial charge in [0.1, 0.15) is 5.82 Å². The van der Waals surface area contributed by atoms with Gasteiger partial charge in [-0.2, -0.15) is 0 Å². The summed E-state index contributed by atoms with van der Waals surface area (Å²) in [6.45, 7) is 5.86. The maximum Gasteiger partial charge on any atom is 0.191 e. The lowest BCUT2D eigenvalue weighted by atomic mass is 10.2. The summed E-state index contributed by atoms with van der Waals surface area (Å²) in [6.07, 6.45) is 3.31. The number of aromatic nitrogens is 3. The maximum atomic E-state index is 4.37.